The Hall–Kier alpha value is -1.88. The summed E-state index contributed by atoms with van der Waals surface area (Å²) in [6.07, 6.45) is 6.86. The first-order chi connectivity index (χ1) is 16.3. The maximum Gasteiger partial charge on any atom is 0.338 e. The Morgan fingerprint density at radius 1 is 1.11 bits per heavy atom. The maximum absolute atomic E-state index is 13.4. The summed E-state index contributed by atoms with van der Waals surface area (Å²) in [4.78, 5) is 28.1. The van der Waals surface area contributed by atoms with Crippen molar-refractivity contribution in [3.63, 3.8) is 0 Å². The molecule has 1 aromatic carbocycles. The van der Waals surface area contributed by atoms with Crippen molar-refractivity contribution in [2.75, 3.05) is 6.54 Å². The molecule has 3 rings (SSSR count). The summed E-state index contributed by atoms with van der Waals surface area (Å²) in [5.41, 5.74) is 1.86. The Labute approximate surface area is 213 Å². The lowest BCUT2D eigenvalue weighted by atomic mass is 9.69. The molecule has 1 spiro atoms. The molecule has 1 amide bonds. The zero-order valence-electron chi connectivity index (χ0n) is 23.4. The fourth-order valence-electron chi connectivity index (χ4n) is 5.69. The van der Waals surface area contributed by atoms with Gasteiger partial charge in [-0.15, -0.1) is 0 Å². The molecule has 2 atom stereocenters. The average Bonchev–Trinajstić information content (AvgIpc) is 3.08. The fraction of sp³-hybridized carbons (Fsp3) is 0.733. The molecule has 35 heavy (non-hydrogen) atoms. The minimum atomic E-state index is -0.284. The Morgan fingerprint density at radius 2 is 1.71 bits per heavy atom. The number of hydrogen-bond acceptors (Lipinski definition) is 4. The van der Waals surface area contributed by atoms with Gasteiger partial charge < -0.3 is 9.64 Å². The smallest absolute Gasteiger partial charge is 0.338 e. The van der Waals surface area contributed by atoms with Gasteiger partial charge in [-0.05, 0) is 86.3 Å². The normalized spacial score (nSPS) is 25.1. The summed E-state index contributed by atoms with van der Waals surface area (Å²) in [6.45, 7) is 18.1. The molecule has 196 valence electrons. The third-order valence-corrected chi connectivity index (χ3v) is 8.23. The van der Waals surface area contributed by atoms with Gasteiger partial charge in [0.25, 0.3) is 0 Å². The lowest BCUT2D eigenvalue weighted by molar-refractivity contribution is -0.136. The number of amides is 1. The van der Waals surface area contributed by atoms with Gasteiger partial charge in [-0.25, -0.2) is 4.79 Å². The number of rotatable bonds is 7. The Kier molecular flexibility index (Phi) is 8.41. The number of hydrogen-bond donors (Lipinski definition) is 1. The van der Waals surface area contributed by atoms with Crippen molar-refractivity contribution < 1.29 is 14.3 Å². The predicted octanol–water partition coefficient (Wildman–Crippen LogP) is 6.87. The lowest BCUT2D eigenvalue weighted by Gasteiger charge is -2.49. The number of nitrogens with zero attached hydrogens (tertiary/aromatic N) is 1. The van der Waals surface area contributed by atoms with Gasteiger partial charge >= 0.3 is 5.97 Å². The first-order valence-corrected chi connectivity index (χ1v) is 13.6. The molecule has 2 aliphatic rings. The molecule has 0 aromatic heterocycles. The summed E-state index contributed by atoms with van der Waals surface area (Å²) < 4.78 is 5.51. The number of carbonyl (C=O) groups excluding carboxylic acids is 2. The molecule has 5 nitrogen and oxygen atoms in total. The van der Waals surface area contributed by atoms with Crippen LogP contribution < -0.4 is 5.32 Å². The van der Waals surface area contributed by atoms with Crippen LogP contribution in [0.15, 0.2) is 24.3 Å². The molecule has 1 unspecified atom stereocenters. The second-order valence-corrected chi connectivity index (χ2v) is 13.2. The molecule has 0 bridgehead atoms. The van der Waals surface area contributed by atoms with Gasteiger partial charge in [0.1, 0.15) is 0 Å². The van der Waals surface area contributed by atoms with Crippen LogP contribution in [-0.2, 0) is 9.53 Å². The van der Waals surface area contributed by atoms with Crippen molar-refractivity contribution in [3.8, 4) is 0 Å². The quantitative estimate of drug-likeness (QED) is 0.429. The van der Waals surface area contributed by atoms with Crippen molar-refractivity contribution in [2.45, 2.75) is 118 Å². The average molecular weight is 485 g/mol. The van der Waals surface area contributed by atoms with Crippen molar-refractivity contribution in [1.29, 1.82) is 0 Å². The van der Waals surface area contributed by atoms with E-state index in [0.717, 1.165) is 50.5 Å². The number of esters is 1. The minimum absolute atomic E-state index is 0.0115. The van der Waals surface area contributed by atoms with Crippen LogP contribution in [0.25, 0.3) is 0 Å². The Bertz CT molecular complexity index is 870. The van der Waals surface area contributed by atoms with Gasteiger partial charge in [-0.2, -0.15) is 0 Å². The number of carbonyl (C=O) groups is 2. The van der Waals surface area contributed by atoms with Gasteiger partial charge in [-0.3, -0.25) is 10.1 Å². The van der Waals surface area contributed by atoms with E-state index < -0.39 is 0 Å². The van der Waals surface area contributed by atoms with Crippen LogP contribution >= 0.6 is 0 Å². The third-order valence-electron chi connectivity index (χ3n) is 8.23. The largest absolute Gasteiger partial charge is 0.459 e. The molecule has 1 aliphatic heterocycles. The second-order valence-electron chi connectivity index (χ2n) is 13.2. The van der Waals surface area contributed by atoms with Crippen molar-refractivity contribution in [1.82, 2.24) is 10.2 Å². The number of ether oxygens (including phenoxy) is 1. The summed E-state index contributed by atoms with van der Waals surface area (Å²) in [5, 5.41) is 3.65. The zero-order chi connectivity index (χ0) is 26.0. The van der Waals surface area contributed by atoms with Crippen LogP contribution in [0.5, 0.6) is 0 Å². The van der Waals surface area contributed by atoms with Gasteiger partial charge in [0.2, 0.25) is 5.91 Å². The molecule has 1 N–H and O–H groups in total. The Morgan fingerprint density at radius 3 is 2.23 bits per heavy atom. The first kappa shape index (κ1) is 27.7. The molecule has 2 fully saturated rings. The first-order valence-electron chi connectivity index (χ1n) is 13.6. The third kappa shape index (κ3) is 6.67. The molecule has 0 radical (unpaired) electrons. The molecule has 1 heterocycles. The van der Waals surface area contributed by atoms with Gasteiger partial charge in [0, 0.05) is 0 Å². The summed E-state index contributed by atoms with van der Waals surface area (Å²) >= 11 is 0. The van der Waals surface area contributed by atoms with Crippen LogP contribution in [0.3, 0.4) is 0 Å². The molecule has 1 saturated heterocycles. The van der Waals surface area contributed by atoms with Gasteiger partial charge in [0.15, 0.2) is 0 Å². The molecular weight excluding hydrogens is 436 g/mol. The summed E-state index contributed by atoms with van der Waals surface area (Å²) in [5.74, 6) is 0.586. The van der Waals surface area contributed by atoms with E-state index in [1.165, 1.54) is 0 Å². The van der Waals surface area contributed by atoms with E-state index >= 15 is 0 Å². The molecule has 1 aliphatic carbocycles. The monoisotopic (exact) mass is 484 g/mol. The molecule has 1 aromatic rings. The van der Waals surface area contributed by atoms with E-state index in [4.69, 9.17) is 4.74 Å². The molecular formula is C30H48N2O3. The second kappa shape index (κ2) is 10.6. The number of benzene rings is 1. The minimum Gasteiger partial charge on any atom is -0.459 e. The van der Waals surface area contributed by atoms with E-state index in [1.54, 1.807) is 0 Å². The van der Waals surface area contributed by atoms with Crippen LogP contribution in [0.2, 0.25) is 0 Å². The molecule has 5 heteroatoms. The number of nitrogens with one attached hydrogen (secondary N) is 1. The zero-order valence-corrected chi connectivity index (χ0v) is 23.4. The highest BCUT2D eigenvalue weighted by Crippen LogP contribution is 2.47. The van der Waals surface area contributed by atoms with Crippen LogP contribution in [0.1, 0.15) is 122 Å². The van der Waals surface area contributed by atoms with Gasteiger partial charge in [-0.1, -0.05) is 60.6 Å². The molecule has 1 saturated carbocycles. The van der Waals surface area contributed by atoms with Crippen molar-refractivity contribution >= 4 is 11.9 Å². The fourth-order valence-corrected chi connectivity index (χ4v) is 5.69. The summed E-state index contributed by atoms with van der Waals surface area (Å²) in [6, 6.07) is 7.77. The lowest BCUT2D eigenvalue weighted by Crippen LogP contribution is -2.56. The highest BCUT2D eigenvalue weighted by Gasteiger charge is 2.51. The highest BCUT2D eigenvalue weighted by molar-refractivity contribution is 5.89. The maximum atomic E-state index is 13.4. The van der Waals surface area contributed by atoms with E-state index in [2.05, 4.69) is 51.8 Å². The van der Waals surface area contributed by atoms with Crippen LogP contribution in [0.4, 0.5) is 0 Å². The predicted molar refractivity (Wildman–Crippen MR) is 142 cm³/mol. The van der Waals surface area contributed by atoms with Crippen molar-refractivity contribution in [2.24, 2.45) is 16.7 Å². The van der Waals surface area contributed by atoms with E-state index in [1.807, 2.05) is 38.1 Å². The SMILES string of the molecule is CCC(C)OC(=O)c1ccc([C@@H](CCC(C)(C)C)N2C(=O)CNC23CCC(C(C)(C)C)CC3)cc1. The standard InChI is InChI=1S/C30H48N2O3/c1-9-21(2)35-27(34)23-12-10-22(11-13-23)25(16-17-28(3,4)5)32-26(33)20-31-30(32)18-14-24(15-19-30)29(6,7)8/h10-13,21,24-25,31H,9,14-20H2,1-8H3/t21?,24?,25-,30?/m1/s1. The highest BCUT2D eigenvalue weighted by atomic mass is 16.5. The summed E-state index contributed by atoms with van der Waals surface area (Å²) in [7, 11) is 0. The van der Waals surface area contributed by atoms with E-state index in [-0.39, 0.29) is 35.1 Å². The topological polar surface area (TPSA) is 58.6 Å². The van der Waals surface area contributed by atoms with Crippen molar-refractivity contribution in [3.05, 3.63) is 35.4 Å². The van der Waals surface area contributed by atoms with E-state index in [9.17, 15) is 9.59 Å². The Balaban J connectivity index is 1.88. The van der Waals surface area contributed by atoms with Crippen LogP contribution in [-0.4, -0.2) is 35.1 Å². The van der Waals surface area contributed by atoms with E-state index in [0.29, 0.717) is 23.4 Å². The van der Waals surface area contributed by atoms with Crippen LogP contribution in [0, 0.1) is 16.7 Å². The van der Waals surface area contributed by atoms with Gasteiger partial charge in [0.05, 0.1) is 29.9 Å².